The number of ether oxygens (including phenoxy) is 1. The fourth-order valence-electron chi connectivity index (χ4n) is 1.36. The van der Waals surface area contributed by atoms with Gasteiger partial charge in [0.25, 0.3) is 0 Å². The molecule has 2 rings (SSSR count). The molecular formula is C9H6O4. The molecule has 0 saturated carbocycles. The van der Waals surface area contributed by atoms with Gasteiger partial charge >= 0.3 is 11.8 Å². The molecule has 4 nitrogen and oxygen atoms in total. The summed E-state index contributed by atoms with van der Waals surface area (Å²) in [4.78, 5) is 33.0. The van der Waals surface area contributed by atoms with Crippen LogP contribution in [0.1, 0.15) is 6.42 Å². The SMILES string of the molecule is O=C1OC2=CC=CCC2C(=O)C1=O. The maximum Gasteiger partial charge on any atom is 0.387 e. The van der Waals surface area contributed by atoms with Crippen LogP contribution in [-0.2, 0) is 19.1 Å². The molecule has 0 aromatic heterocycles. The van der Waals surface area contributed by atoms with Crippen molar-refractivity contribution in [3.05, 3.63) is 24.0 Å². The van der Waals surface area contributed by atoms with Crippen molar-refractivity contribution in [3.8, 4) is 0 Å². The van der Waals surface area contributed by atoms with Crippen LogP contribution in [0, 0.1) is 5.92 Å². The topological polar surface area (TPSA) is 60.4 Å². The second kappa shape index (κ2) is 2.65. The molecule has 0 aromatic carbocycles. The van der Waals surface area contributed by atoms with Crippen molar-refractivity contribution < 1.29 is 19.1 Å². The predicted octanol–water partition coefficient (Wildman–Crippen LogP) is 0.141. The standard InChI is InChI=1S/C9H6O4/c10-7-5-3-1-2-4-6(5)13-9(12)8(7)11/h1-2,4-5H,3H2. The van der Waals surface area contributed by atoms with E-state index in [1.54, 1.807) is 12.2 Å². The molecule has 4 heteroatoms. The van der Waals surface area contributed by atoms with Crippen molar-refractivity contribution in [2.45, 2.75) is 6.42 Å². The first-order valence-corrected chi connectivity index (χ1v) is 3.87. The van der Waals surface area contributed by atoms with E-state index in [1.165, 1.54) is 6.08 Å². The van der Waals surface area contributed by atoms with Gasteiger partial charge in [-0.25, -0.2) is 4.79 Å². The number of fused-ring (bicyclic) bond motifs is 1. The molecule has 0 N–H and O–H groups in total. The lowest BCUT2D eigenvalue weighted by Gasteiger charge is -2.22. The summed E-state index contributed by atoms with van der Waals surface area (Å²) >= 11 is 0. The molecule has 0 bridgehead atoms. The molecule has 1 aliphatic carbocycles. The molecule has 0 aromatic rings. The molecule has 66 valence electrons. The fourth-order valence-corrected chi connectivity index (χ4v) is 1.36. The summed E-state index contributed by atoms with van der Waals surface area (Å²) in [5.41, 5.74) is 0. The van der Waals surface area contributed by atoms with Crippen molar-refractivity contribution in [2.24, 2.45) is 5.92 Å². The molecule has 1 saturated heterocycles. The fraction of sp³-hybridized carbons (Fsp3) is 0.222. The Kier molecular flexibility index (Phi) is 1.62. The van der Waals surface area contributed by atoms with Crippen LogP contribution in [0.25, 0.3) is 0 Å². The maximum atomic E-state index is 11.2. The number of hydrogen-bond acceptors (Lipinski definition) is 4. The van der Waals surface area contributed by atoms with Gasteiger partial charge in [0.15, 0.2) is 0 Å². The Morgan fingerprint density at radius 1 is 1.31 bits per heavy atom. The third-order valence-electron chi connectivity index (χ3n) is 2.05. The molecule has 1 aliphatic heterocycles. The third-order valence-corrected chi connectivity index (χ3v) is 2.05. The first-order valence-electron chi connectivity index (χ1n) is 3.87. The number of hydrogen-bond donors (Lipinski definition) is 0. The van der Waals surface area contributed by atoms with Gasteiger partial charge < -0.3 is 4.74 Å². The van der Waals surface area contributed by atoms with E-state index in [9.17, 15) is 14.4 Å². The largest absolute Gasteiger partial charge is 0.424 e. The summed E-state index contributed by atoms with van der Waals surface area (Å²) in [6.07, 6.45) is 5.43. The van der Waals surface area contributed by atoms with E-state index >= 15 is 0 Å². The minimum atomic E-state index is -1.07. The summed E-state index contributed by atoms with van der Waals surface area (Å²) in [5.74, 6) is -3.06. The van der Waals surface area contributed by atoms with Gasteiger partial charge in [-0.3, -0.25) is 9.59 Å². The van der Waals surface area contributed by atoms with E-state index in [0.29, 0.717) is 6.42 Å². The molecule has 0 radical (unpaired) electrons. The Morgan fingerprint density at radius 2 is 2.08 bits per heavy atom. The Balaban J connectivity index is 2.38. The number of carbonyl (C=O) groups is 3. The number of allylic oxidation sites excluding steroid dienone is 4. The van der Waals surface area contributed by atoms with Crippen LogP contribution in [0.15, 0.2) is 24.0 Å². The number of ketones is 2. The number of carbonyl (C=O) groups excluding carboxylic acids is 3. The second-order valence-corrected chi connectivity index (χ2v) is 2.87. The highest BCUT2D eigenvalue weighted by atomic mass is 16.5. The highest BCUT2D eigenvalue weighted by Gasteiger charge is 2.40. The summed E-state index contributed by atoms with van der Waals surface area (Å²) in [7, 11) is 0. The monoisotopic (exact) mass is 178 g/mol. The van der Waals surface area contributed by atoms with Gasteiger partial charge in [-0.1, -0.05) is 12.2 Å². The summed E-state index contributed by atoms with van der Waals surface area (Å²) < 4.78 is 4.67. The smallest absolute Gasteiger partial charge is 0.387 e. The Hall–Kier alpha value is -1.71. The van der Waals surface area contributed by atoms with E-state index in [4.69, 9.17) is 0 Å². The number of rotatable bonds is 0. The van der Waals surface area contributed by atoms with Crippen LogP contribution in [0.2, 0.25) is 0 Å². The van der Waals surface area contributed by atoms with E-state index in [2.05, 4.69) is 4.74 Å². The lowest BCUT2D eigenvalue weighted by Crippen LogP contribution is -2.39. The summed E-state index contributed by atoms with van der Waals surface area (Å²) in [6, 6.07) is 0. The van der Waals surface area contributed by atoms with E-state index in [0.717, 1.165) is 0 Å². The molecule has 1 heterocycles. The lowest BCUT2D eigenvalue weighted by atomic mass is 9.90. The molecule has 0 amide bonds. The lowest BCUT2D eigenvalue weighted by molar-refractivity contribution is -0.159. The van der Waals surface area contributed by atoms with Crippen molar-refractivity contribution >= 4 is 17.5 Å². The van der Waals surface area contributed by atoms with Crippen LogP contribution in [0.3, 0.4) is 0 Å². The van der Waals surface area contributed by atoms with E-state index < -0.39 is 23.5 Å². The molecule has 13 heavy (non-hydrogen) atoms. The van der Waals surface area contributed by atoms with Gasteiger partial charge in [0.05, 0.1) is 5.92 Å². The Bertz CT molecular complexity index is 362. The average molecular weight is 178 g/mol. The van der Waals surface area contributed by atoms with Crippen LogP contribution < -0.4 is 0 Å². The molecule has 1 atom stereocenters. The molecule has 0 spiro atoms. The van der Waals surface area contributed by atoms with Gasteiger partial charge in [-0.2, -0.15) is 0 Å². The van der Waals surface area contributed by atoms with Crippen LogP contribution in [0.4, 0.5) is 0 Å². The molecule has 1 fully saturated rings. The predicted molar refractivity (Wildman–Crippen MR) is 41.4 cm³/mol. The highest BCUT2D eigenvalue weighted by molar-refractivity contribution is 6.63. The van der Waals surface area contributed by atoms with E-state index in [1.807, 2.05) is 0 Å². The first-order chi connectivity index (χ1) is 6.20. The summed E-state index contributed by atoms with van der Waals surface area (Å²) in [5, 5.41) is 0. The van der Waals surface area contributed by atoms with E-state index in [-0.39, 0.29) is 5.76 Å². The summed E-state index contributed by atoms with van der Waals surface area (Å²) in [6.45, 7) is 0. The van der Waals surface area contributed by atoms with Crippen molar-refractivity contribution in [2.75, 3.05) is 0 Å². The van der Waals surface area contributed by atoms with Gasteiger partial charge in [0.1, 0.15) is 5.76 Å². The number of esters is 1. The molecular weight excluding hydrogens is 172 g/mol. The van der Waals surface area contributed by atoms with Crippen molar-refractivity contribution in [1.82, 2.24) is 0 Å². The van der Waals surface area contributed by atoms with Crippen molar-refractivity contribution in [1.29, 1.82) is 0 Å². The normalized spacial score (nSPS) is 26.6. The van der Waals surface area contributed by atoms with Gasteiger partial charge in [-0.05, 0) is 12.5 Å². The maximum absolute atomic E-state index is 11.2. The number of Topliss-reactive ketones (excluding diaryl/α,β-unsaturated/α-hetero) is 2. The highest BCUT2D eigenvalue weighted by Crippen LogP contribution is 2.26. The zero-order valence-corrected chi connectivity index (χ0v) is 6.65. The molecule has 2 aliphatic rings. The first kappa shape index (κ1) is 7.91. The Morgan fingerprint density at radius 3 is 2.85 bits per heavy atom. The van der Waals surface area contributed by atoms with Gasteiger partial charge in [0, 0.05) is 0 Å². The third kappa shape index (κ3) is 1.11. The van der Waals surface area contributed by atoms with Crippen LogP contribution in [0.5, 0.6) is 0 Å². The van der Waals surface area contributed by atoms with Crippen LogP contribution >= 0.6 is 0 Å². The molecule has 1 unspecified atom stereocenters. The van der Waals surface area contributed by atoms with Crippen molar-refractivity contribution in [3.63, 3.8) is 0 Å². The Labute approximate surface area is 73.9 Å². The zero-order valence-electron chi connectivity index (χ0n) is 6.65. The van der Waals surface area contributed by atoms with Gasteiger partial charge in [0.2, 0.25) is 5.78 Å². The van der Waals surface area contributed by atoms with Crippen LogP contribution in [-0.4, -0.2) is 17.5 Å². The zero-order chi connectivity index (χ0) is 9.42. The minimum Gasteiger partial charge on any atom is -0.424 e. The minimum absolute atomic E-state index is 0.289. The quantitative estimate of drug-likeness (QED) is 0.391. The average Bonchev–Trinajstić information content (AvgIpc) is 2.15. The van der Waals surface area contributed by atoms with Gasteiger partial charge in [-0.15, -0.1) is 0 Å². The second-order valence-electron chi connectivity index (χ2n) is 2.87.